The third kappa shape index (κ3) is 1.31. The van der Waals surface area contributed by atoms with Gasteiger partial charge in [-0.2, -0.15) is 0 Å². The molecular weight excluding hydrogens is 176 g/mol. The van der Waals surface area contributed by atoms with Gasteiger partial charge in [0, 0.05) is 0 Å². The van der Waals surface area contributed by atoms with Crippen LogP contribution in [0.15, 0.2) is 12.1 Å². The lowest BCUT2D eigenvalue weighted by Gasteiger charge is -2.08. The quantitative estimate of drug-likeness (QED) is 0.739. The molecule has 2 rings (SSSR count). The Bertz CT molecular complexity index is 394. The zero-order valence-corrected chi connectivity index (χ0v) is 8.50. The van der Waals surface area contributed by atoms with Crippen LogP contribution in [-0.4, -0.2) is 11.1 Å². The van der Waals surface area contributed by atoms with E-state index >= 15 is 0 Å². The first kappa shape index (κ1) is 9.25. The van der Waals surface area contributed by atoms with Gasteiger partial charge in [-0.15, -0.1) is 0 Å². The lowest BCUT2D eigenvalue weighted by molar-refractivity contribution is 0.0696. The van der Waals surface area contributed by atoms with Crippen LogP contribution in [0.5, 0.6) is 0 Å². The number of hydrogen-bond donors (Lipinski definition) is 1. The summed E-state index contributed by atoms with van der Waals surface area (Å²) in [6.07, 6.45) is 2.25. The number of benzene rings is 1. The van der Waals surface area contributed by atoms with Crippen LogP contribution >= 0.6 is 0 Å². The van der Waals surface area contributed by atoms with E-state index in [2.05, 4.69) is 6.92 Å². The zero-order chi connectivity index (χ0) is 10.3. The van der Waals surface area contributed by atoms with Crippen molar-refractivity contribution in [3.8, 4) is 0 Å². The van der Waals surface area contributed by atoms with Gasteiger partial charge < -0.3 is 5.11 Å². The van der Waals surface area contributed by atoms with Gasteiger partial charge in [0.05, 0.1) is 5.56 Å². The Balaban J connectivity index is 2.58. The van der Waals surface area contributed by atoms with Gasteiger partial charge in [-0.3, -0.25) is 0 Å². The molecule has 1 aliphatic carbocycles. The van der Waals surface area contributed by atoms with E-state index in [0.717, 1.165) is 18.4 Å². The highest BCUT2D eigenvalue weighted by Crippen LogP contribution is 2.35. The number of hydrogen-bond acceptors (Lipinski definition) is 1. The predicted molar refractivity (Wildman–Crippen MR) is 54.9 cm³/mol. The number of carbonyl (C=O) groups is 1. The fourth-order valence-corrected chi connectivity index (χ4v) is 2.27. The minimum Gasteiger partial charge on any atom is -0.478 e. The maximum absolute atomic E-state index is 10.9. The molecule has 1 atom stereocenters. The summed E-state index contributed by atoms with van der Waals surface area (Å²) in [4.78, 5) is 10.9. The fraction of sp³-hybridized carbons (Fsp3) is 0.417. The van der Waals surface area contributed by atoms with Gasteiger partial charge in [0.1, 0.15) is 0 Å². The van der Waals surface area contributed by atoms with Crippen LogP contribution in [-0.2, 0) is 6.42 Å². The maximum atomic E-state index is 10.9. The Morgan fingerprint density at radius 1 is 1.50 bits per heavy atom. The molecule has 1 aromatic carbocycles. The Morgan fingerprint density at radius 3 is 2.86 bits per heavy atom. The number of fused-ring (bicyclic) bond motifs is 1. The van der Waals surface area contributed by atoms with Crippen molar-refractivity contribution in [1.82, 2.24) is 0 Å². The van der Waals surface area contributed by atoms with Gasteiger partial charge >= 0.3 is 5.97 Å². The van der Waals surface area contributed by atoms with Crippen molar-refractivity contribution >= 4 is 5.97 Å². The molecule has 0 radical (unpaired) electrons. The Labute approximate surface area is 83.6 Å². The second-order valence-corrected chi connectivity index (χ2v) is 4.11. The van der Waals surface area contributed by atoms with Crippen LogP contribution in [0.4, 0.5) is 0 Å². The lowest BCUT2D eigenvalue weighted by Crippen LogP contribution is -2.00. The second-order valence-electron chi connectivity index (χ2n) is 4.11. The maximum Gasteiger partial charge on any atom is 0.335 e. The van der Waals surface area contributed by atoms with Crippen molar-refractivity contribution in [3.63, 3.8) is 0 Å². The van der Waals surface area contributed by atoms with Crippen LogP contribution in [0, 0.1) is 6.92 Å². The van der Waals surface area contributed by atoms with Crippen LogP contribution < -0.4 is 0 Å². The first-order valence-electron chi connectivity index (χ1n) is 4.96. The molecule has 0 saturated heterocycles. The average molecular weight is 190 g/mol. The molecule has 1 aliphatic rings. The van der Waals surface area contributed by atoms with Gasteiger partial charge in [-0.1, -0.05) is 6.92 Å². The van der Waals surface area contributed by atoms with Crippen molar-refractivity contribution in [2.75, 3.05) is 0 Å². The monoisotopic (exact) mass is 190 g/mol. The van der Waals surface area contributed by atoms with E-state index in [1.165, 1.54) is 11.1 Å². The molecule has 74 valence electrons. The first-order chi connectivity index (χ1) is 6.59. The van der Waals surface area contributed by atoms with Crippen LogP contribution in [0.1, 0.15) is 46.3 Å². The van der Waals surface area contributed by atoms with Gasteiger partial charge in [0.2, 0.25) is 0 Å². The van der Waals surface area contributed by atoms with Crippen molar-refractivity contribution in [2.45, 2.75) is 32.6 Å². The van der Waals surface area contributed by atoms with E-state index in [1.54, 1.807) is 6.07 Å². The van der Waals surface area contributed by atoms with E-state index in [4.69, 9.17) is 5.11 Å². The topological polar surface area (TPSA) is 37.3 Å². The molecule has 2 heteroatoms. The van der Waals surface area contributed by atoms with Crippen LogP contribution in [0.3, 0.4) is 0 Å². The van der Waals surface area contributed by atoms with E-state index in [9.17, 15) is 4.79 Å². The van der Waals surface area contributed by atoms with E-state index < -0.39 is 5.97 Å². The lowest BCUT2D eigenvalue weighted by atomic mass is 9.97. The molecule has 1 unspecified atom stereocenters. The Kier molecular flexibility index (Phi) is 2.06. The molecule has 0 saturated carbocycles. The number of aryl methyl sites for hydroxylation is 1. The highest BCUT2D eigenvalue weighted by molar-refractivity contribution is 5.88. The standard InChI is InChI=1S/C12H14O2/c1-7-3-4-10-8(2)5-9(12(13)14)6-11(7)10/h5-7H,3-4H2,1-2H3,(H,13,14). The molecule has 0 heterocycles. The summed E-state index contributed by atoms with van der Waals surface area (Å²) in [5.41, 5.74) is 4.16. The normalized spacial score (nSPS) is 19.4. The second kappa shape index (κ2) is 3.12. The summed E-state index contributed by atoms with van der Waals surface area (Å²) in [5.74, 6) is -0.307. The summed E-state index contributed by atoms with van der Waals surface area (Å²) in [7, 11) is 0. The van der Waals surface area contributed by atoms with Crippen molar-refractivity contribution in [1.29, 1.82) is 0 Å². The third-order valence-electron chi connectivity index (χ3n) is 3.11. The number of carboxylic acids is 1. The molecule has 0 fully saturated rings. The molecule has 1 N–H and O–H groups in total. The summed E-state index contributed by atoms with van der Waals surface area (Å²) in [6, 6.07) is 3.61. The van der Waals surface area contributed by atoms with E-state index in [-0.39, 0.29) is 0 Å². The number of carboxylic acid groups (broad SMARTS) is 1. The van der Waals surface area contributed by atoms with Gasteiger partial charge in [-0.25, -0.2) is 4.79 Å². The molecule has 0 aromatic heterocycles. The SMILES string of the molecule is Cc1cc(C(=O)O)cc2c1CCC2C. The van der Waals surface area contributed by atoms with Crippen molar-refractivity contribution < 1.29 is 9.90 Å². The highest BCUT2D eigenvalue weighted by atomic mass is 16.4. The summed E-state index contributed by atoms with van der Waals surface area (Å²) >= 11 is 0. The Morgan fingerprint density at radius 2 is 2.21 bits per heavy atom. The molecule has 0 aliphatic heterocycles. The van der Waals surface area contributed by atoms with Crippen LogP contribution in [0.25, 0.3) is 0 Å². The van der Waals surface area contributed by atoms with Crippen LogP contribution in [0.2, 0.25) is 0 Å². The van der Waals surface area contributed by atoms with Gasteiger partial charge in [-0.05, 0) is 54.5 Å². The highest BCUT2D eigenvalue weighted by Gasteiger charge is 2.21. The zero-order valence-electron chi connectivity index (χ0n) is 8.50. The fourth-order valence-electron chi connectivity index (χ4n) is 2.27. The average Bonchev–Trinajstić information content (AvgIpc) is 2.48. The number of rotatable bonds is 1. The minimum atomic E-state index is -0.824. The molecule has 2 nitrogen and oxygen atoms in total. The predicted octanol–water partition coefficient (Wildman–Crippen LogP) is 2.74. The van der Waals surface area contributed by atoms with E-state index in [1.807, 2.05) is 13.0 Å². The van der Waals surface area contributed by atoms with Crippen molar-refractivity contribution in [3.05, 3.63) is 34.4 Å². The Hall–Kier alpha value is -1.31. The first-order valence-corrected chi connectivity index (χ1v) is 4.96. The van der Waals surface area contributed by atoms with Crippen molar-refractivity contribution in [2.24, 2.45) is 0 Å². The molecule has 14 heavy (non-hydrogen) atoms. The molecule has 0 bridgehead atoms. The van der Waals surface area contributed by atoms with Gasteiger partial charge in [0.25, 0.3) is 0 Å². The summed E-state index contributed by atoms with van der Waals surface area (Å²) < 4.78 is 0. The molecule has 1 aromatic rings. The van der Waals surface area contributed by atoms with E-state index in [0.29, 0.717) is 11.5 Å². The summed E-state index contributed by atoms with van der Waals surface area (Å²) in [5, 5.41) is 8.93. The minimum absolute atomic E-state index is 0.426. The molecule has 0 spiro atoms. The smallest absolute Gasteiger partial charge is 0.335 e. The summed E-state index contributed by atoms with van der Waals surface area (Å²) in [6.45, 7) is 4.17. The molecule has 0 amide bonds. The van der Waals surface area contributed by atoms with Gasteiger partial charge in [0.15, 0.2) is 0 Å². The number of aromatic carboxylic acids is 1. The molecular formula is C12H14O2. The third-order valence-corrected chi connectivity index (χ3v) is 3.11. The largest absolute Gasteiger partial charge is 0.478 e.